The summed E-state index contributed by atoms with van der Waals surface area (Å²) in [5.74, 6) is 1.27. The van der Waals surface area contributed by atoms with Crippen LogP contribution in [0.3, 0.4) is 0 Å². The molecule has 2 fully saturated rings. The molecule has 5 nitrogen and oxygen atoms in total. The highest BCUT2D eigenvalue weighted by molar-refractivity contribution is 4.88. The quantitative estimate of drug-likeness (QED) is 0.793. The summed E-state index contributed by atoms with van der Waals surface area (Å²) >= 11 is 0. The SMILES string of the molecule is CO[C@H]1O[C@H](C)[C@@H](O[C@@H]2OC(C)[C@H](OC)C(C)[C@H]2C)C(C)C1C. The summed E-state index contributed by atoms with van der Waals surface area (Å²) < 4.78 is 29.5. The van der Waals surface area contributed by atoms with Crippen LogP contribution in [0.25, 0.3) is 0 Å². The molecule has 0 bridgehead atoms. The van der Waals surface area contributed by atoms with Crippen molar-refractivity contribution in [3.8, 4) is 0 Å². The molecule has 0 aromatic carbocycles. The molecule has 2 aliphatic heterocycles. The fraction of sp³-hybridized carbons (Fsp3) is 1.00. The van der Waals surface area contributed by atoms with Crippen molar-refractivity contribution in [3.63, 3.8) is 0 Å². The Hall–Kier alpha value is -0.200. The van der Waals surface area contributed by atoms with Gasteiger partial charge in [0.1, 0.15) is 0 Å². The Labute approximate surface area is 140 Å². The van der Waals surface area contributed by atoms with E-state index in [1.165, 1.54) is 0 Å². The molecule has 2 saturated heterocycles. The number of ether oxygens (including phenoxy) is 5. The first kappa shape index (κ1) is 19.1. The number of rotatable bonds is 4. The van der Waals surface area contributed by atoms with Crippen molar-refractivity contribution in [3.05, 3.63) is 0 Å². The van der Waals surface area contributed by atoms with E-state index in [2.05, 4.69) is 41.5 Å². The van der Waals surface area contributed by atoms with Crippen LogP contribution in [0, 0.1) is 23.7 Å². The van der Waals surface area contributed by atoms with E-state index in [0.717, 1.165) is 0 Å². The maximum Gasteiger partial charge on any atom is 0.161 e. The zero-order valence-corrected chi connectivity index (χ0v) is 15.8. The highest BCUT2D eigenvalue weighted by atomic mass is 16.7. The third-order valence-corrected chi connectivity index (χ3v) is 5.97. The topological polar surface area (TPSA) is 46.2 Å². The lowest BCUT2D eigenvalue weighted by molar-refractivity contribution is -0.322. The second kappa shape index (κ2) is 7.79. The Balaban J connectivity index is 2.06. The van der Waals surface area contributed by atoms with Gasteiger partial charge in [-0.15, -0.1) is 0 Å². The van der Waals surface area contributed by atoms with E-state index in [0.29, 0.717) is 11.8 Å². The first-order chi connectivity index (χ1) is 10.8. The molecule has 0 N–H and O–H groups in total. The van der Waals surface area contributed by atoms with Crippen molar-refractivity contribution in [2.45, 2.75) is 78.5 Å². The van der Waals surface area contributed by atoms with Gasteiger partial charge in [-0.3, -0.25) is 0 Å². The fourth-order valence-electron chi connectivity index (χ4n) is 4.00. The molecular weight excluding hydrogens is 296 g/mol. The van der Waals surface area contributed by atoms with E-state index in [9.17, 15) is 0 Å². The van der Waals surface area contributed by atoms with Crippen molar-refractivity contribution in [2.24, 2.45) is 23.7 Å². The van der Waals surface area contributed by atoms with Gasteiger partial charge >= 0.3 is 0 Å². The molecule has 2 heterocycles. The van der Waals surface area contributed by atoms with E-state index in [1.807, 2.05) is 0 Å². The van der Waals surface area contributed by atoms with E-state index in [4.69, 9.17) is 23.7 Å². The molecule has 0 aromatic heterocycles. The Bertz CT molecular complexity index is 376. The molecule has 0 saturated carbocycles. The third-order valence-electron chi connectivity index (χ3n) is 5.97. The van der Waals surface area contributed by atoms with Gasteiger partial charge in [-0.05, 0) is 25.7 Å². The predicted molar refractivity (Wildman–Crippen MR) is 88.0 cm³/mol. The molecule has 0 aliphatic carbocycles. The zero-order valence-electron chi connectivity index (χ0n) is 15.8. The molecule has 2 aliphatic rings. The van der Waals surface area contributed by atoms with Crippen LogP contribution in [-0.4, -0.2) is 51.2 Å². The molecular formula is C18H34O5. The maximum atomic E-state index is 6.41. The van der Waals surface area contributed by atoms with Crippen molar-refractivity contribution in [2.75, 3.05) is 14.2 Å². The molecule has 10 atom stereocenters. The molecule has 5 heteroatoms. The van der Waals surface area contributed by atoms with Crippen molar-refractivity contribution < 1.29 is 23.7 Å². The summed E-state index contributed by atoms with van der Waals surface area (Å²) in [5, 5.41) is 0. The van der Waals surface area contributed by atoms with Gasteiger partial charge in [-0.2, -0.15) is 0 Å². The first-order valence-corrected chi connectivity index (χ1v) is 8.83. The lowest BCUT2D eigenvalue weighted by Crippen LogP contribution is -2.55. The third kappa shape index (κ3) is 3.74. The number of hydrogen-bond donors (Lipinski definition) is 0. The Kier molecular flexibility index (Phi) is 6.48. The lowest BCUT2D eigenvalue weighted by Gasteiger charge is -2.48. The minimum absolute atomic E-state index is 0.00217. The fourth-order valence-corrected chi connectivity index (χ4v) is 4.00. The standard InChI is InChI=1S/C18H34O5/c1-9-12(4)18(22-13(5)15(9)19-7)23-16-10(2)11(3)17(20-8)21-14(16)6/h9-18H,1-8H3/t9?,10?,11?,12-,13?,14-,15-,16+,17+,18+/m1/s1. The van der Waals surface area contributed by atoms with Gasteiger partial charge in [-0.1, -0.05) is 27.7 Å². The molecule has 23 heavy (non-hydrogen) atoms. The van der Waals surface area contributed by atoms with Gasteiger partial charge in [0.05, 0.1) is 24.4 Å². The highest BCUT2D eigenvalue weighted by Gasteiger charge is 2.45. The summed E-state index contributed by atoms with van der Waals surface area (Å²) in [6.45, 7) is 12.9. The molecule has 0 radical (unpaired) electrons. The zero-order chi connectivity index (χ0) is 17.3. The normalized spacial score (nSPS) is 51.7. The van der Waals surface area contributed by atoms with Crippen LogP contribution in [0.4, 0.5) is 0 Å². The number of hydrogen-bond acceptors (Lipinski definition) is 5. The minimum Gasteiger partial charge on any atom is -0.378 e. The van der Waals surface area contributed by atoms with Crippen LogP contribution in [0.5, 0.6) is 0 Å². The van der Waals surface area contributed by atoms with E-state index < -0.39 is 0 Å². The molecule has 0 amide bonds. The van der Waals surface area contributed by atoms with Crippen LogP contribution in [0.15, 0.2) is 0 Å². The maximum absolute atomic E-state index is 6.41. The monoisotopic (exact) mass is 330 g/mol. The van der Waals surface area contributed by atoms with Gasteiger partial charge in [-0.25, -0.2) is 0 Å². The Morgan fingerprint density at radius 1 is 0.565 bits per heavy atom. The van der Waals surface area contributed by atoms with Crippen LogP contribution in [0.2, 0.25) is 0 Å². The van der Waals surface area contributed by atoms with Crippen molar-refractivity contribution in [1.82, 2.24) is 0 Å². The molecule has 0 aromatic rings. The molecule has 0 spiro atoms. The van der Waals surface area contributed by atoms with Crippen molar-refractivity contribution in [1.29, 1.82) is 0 Å². The van der Waals surface area contributed by atoms with Gasteiger partial charge in [0.25, 0.3) is 0 Å². The minimum atomic E-state index is -0.226. The van der Waals surface area contributed by atoms with E-state index in [-0.39, 0.29) is 48.8 Å². The van der Waals surface area contributed by atoms with Crippen LogP contribution >= 0.6 is 0 Å². The summed E-state index contributed by atoms with van der Waals surface area (Å²) in [6, 6.07) is 0. The highest BCUT2D eigenvalue weighted by Crippen LogP contribution is 2.38. The lowest BCUT2D eigenvalue weighted by atomic mass is 9.83. The van der Waals surface area contributed by atoms with E-state index in [1.54, 1.807) is 14.2 Å². The van der Waals surface area contributed by atoms with Gasteiger partial charge in [0.15, 0.2) is 12.6 Å². The Morgan fingerprint density at radius 2 is 1.04 bits per heavy atom. The predicted octanol–water partition coefficient (Wildman–Crippen LogP) is 3.07. The van der Waals surface area contributed by atoms with Crippen LogP contribution in [0.1, 0.15) is 41.5 Å². The summed E-state index contributed by atoms with van der Waals surface area (Å²) in [6.07, 6.45) is -0.277. The van der Waals surface area contributed by atoms with Gasteiger partial charge < -0.3 is 23.7 Å². The summed E-state index contributed by atoms with van der Waals surface area (Å²) in [5.41, 5.74) is 0. The summed E-state index contributed by atoms with van der Waals surface area (Å²) in [7, 11) is 3.45. The Morgan fingerprint density at radius 3 is 1.61 bits per heavy atom. The van der Waals surface area contributed by atoms with Crippen LogP contribution in [-0.2, 0) is 23.7 Å². The second-order valence-corrected chi connectivity index (χ2v) is 7.39. The van der Waals surface area contributed by atoms with Crippen molar-refractivity contribution >= 4 is 0 Å². The number of methoxy groups -OCH3 is 2. The van der Waals surface area contributed by atoms with Crippen LogP contribution < -0.4 is 0 Å². The average Bonchev–Trinajstić information content (AvgIpc) is 2.52. The molecule has 2 rings (SSSR count). The van der Waals surface area contributed by atoms with Gasteiger partial charge in [0, 0.05) is 26.1 Å². The molecule has 4 unspecified atom stereocenters. The second-order valence-electron chi connectivity index (χ2n) is 7.39. The molecule has 136 valence electrons. The van der Waals surface area contributed by atoms with E-state index >= 15 is 0 Å². The summed E-state index contributed by atoms with van der Waals surface area (Å²) in [4.78, 5) is 0. The first-order valence-electron chi connectivity index (χ1n) is 8.83. The van der Waals surface area contributed by atoms with Gasteiger partial charge in [0.2, 0.25) is 0 Å². The smallest absolute Gasteiger partial charge is 0.161 e. The average molecular weight is 330 g/mol. The largest absolute Gasteiger partial charge is 0.378 e.